The maximum atomic E-state index is 12.3. The number of nitrogens with zero attached hydrogens (tertiary/aromatic N) is 4. The molecule has 4 rings (SSSR count). The number of likely N-dealkylation sites (tertiary alicyclic amines) is 1. The normalized spacial score (nSPS) is 18.5. The van der Waals surface area contributed by atoms with E-state index in [0.717, 1.165) is 64.2 Å². The summed E-state index contributed by atoms with van der Waals surface area (Å²) in [5.74, 6) is 0.815. The maximum Gasteiger partial charge on any atom is 0.222 e. The first-order chi connectivity index (χ1) is 13.2. The van der Waals surface area contributed by atoms with Gasteiger partial charge < -0.3 is 4.90 Å². The zero-order valence-corrected chi connectivity index (χ0v) is 16.3. The van der Waals surface area contributed by atoms with Crippen molar-refractivity contribution in [3.05, 3.63) is 53.3 Å². The van der Waals surface area contributed by atoms with Gasteiger partial charge in [-0.15, -0.1) is 0 Å². The number of benzene rings is 1. The van der Waals surface area contributed by atoms with Crippen molar-refractivity contribution in [2.75, 3.05) is 26.2 Å². The van der Waals surface area contributed by atoms with Crippen LogP contribution in [0.3, 0.4) is 0 Å². The molecule has 0 aliphatic carbocycles. The van der Waals surface area contributed by atoms with Crippen LogP contribution in [0, 0.1) is 0 Å². The van der Waals surface area contributed by atoms with E-state index >= 15 is 0 Å². The summed E-state index contributed by atoms with van der Waals surface area (Å²) in [5.41, 5.74) is 3.75. The average molecular weight is 367 g/mol. The van der Waals surface area contributed by atoms with Crippen molar-refractivity contribution in [3.8, 4) is 0 Å². The molecule has 2 aliphatic rings. The van der Waals surface area contributed by atoms with E-state index in [4.69, 9.17) is 5.10 Å². The second-order valence-electron chi connectivity index (χ2n) is 7.98. The second-order valence-corrected chi connectivity index (χ2v) is 7.98. The molecule has 0 bridgehead atoms. The van der Waals surface area contributed by atoms with E-state index in [-0.39, 0.29) is 5.91 Å². The number of rotatable bonds is 6. The molecule has 1 aromatic carbocycles. The molecule has 1 fully saturated rings. The van der Waals surface area contributed by atoms with Gasteiger partial charge in [0.05, 0.1) is 17.9 Å². The molecule has 1 unspecified atom stereocenters. The highest BCUT2D eigenvalue weighted by Crippen LogP contribution is 2.21. The van der Waals surface area contributed by atoms with Crippen LogP contribution in [0.4, 0.5) is 0 Å². The molecule has 5 heteroatoms. The minimum atomic E-state index is 0.289. The van der Waals surface area contributed by atoms with E-state index in [0.29, 0.717) is 12.3 Å². The van der Waals surface area contributed by atoms with Crippen LogP contribution in [0.15, 0.2) is 36.4 Å². The van der Waals surface area contributed by atoms with Crippen LogP contribution in [0.25, 0.3) is 0 Å². The average Bonchev–Trinajstić information content (AvgIpc) is 3.36. The first-order valence-corrected chi connectivity index (χ1v) is 10.3. The number of hydrogen-bond donors (Lipinski definition) is 0. The molecule has 1 amide bonds. The van der Waals surface area contributed by atoms with Crippen LogP contribution in [-0.4, -0.2) is 51.7 Å². The van der Waals surface area contributed by atoms with Crippen molar-refractivity contribution < 1.29 is 4.79 Å². The van der Waals surface area contributed by atoms with Gasteiger partial charge in [-0.3, -0.25) is 14.4 Å². The summed E-state index contributed by atoms with van der Waals surface area (Å²) in [7, 11) is 0. The van der Waals surface area contributed by atoms with E-state index in [1.807, 2.05) is 4.90 Å². The molecule has 0 saturated carbocycles. The number of carbonyl (C=O) groups is 1. The molecule has 1 aromatic heterocycles. The van der Waals surface area contributed by atoms with Gasteiger partial charge in [-0.05, 0) is 30.4 Å². The monoisotopic (exact) mass is 366 g/mol. The molecule has 5 nitrogen and oxygen atoms in total. The Bertz CT molecular complexity index is 764. The maximum absolute atomic E-state index is 12.3. The molecular formula is C22H30N4O. The first kappa shape index (κ1) is 18.2. The van der Waals surface area contributed by atoms with E-state index in [1.165, 1.54) is 11.3 Å². The van der Waals surface area contributed by atoms with Gasteiger partial charge in [0.25, 0.3) is 0 Å². The Morgan fingerprint density at radius 3 is 2.67 bits per heavy atom. The standard InChI is InChI=1S/C22H30N4O/c1-18(19-7-3-2-4-8-19)16-24-13-14-26-21(17-24)15-20(23-26)9-10-22(27)25-11-5-6-12-25/h2-4,7-8,15,18H,5-6,9-14,16-17H2,1H3. The highest BCUT2D eigenvalue weighted by atomic mass is 16.2. The molecule has 0 radical (unpaired) electrons. The highest BCUT2D eigenvalue weighted by molar-refractivity contribution is 5.76. The molecule has 27 heavy (non-hydrogen) atoms. The third-order valence-corrected chi connectivity index (χ3v) is 5.88. The third kappa shape index (κ3) is 4.41. The topological polar surface area (TPSA) is 41.4 Å². The lowest BCUT2D eigenvalue weighted by Crippen LogP contribution is -2.36. The Morgan fingerprint density at radius 2 is 1.89 bits per heavy atom. The first-order valence-electron chi connectivity index (χ1n) is 10.3. The lowest BCUT2D eigenvalue weighted by atomic mass is 10.0. The molecule has 0 spiro atoms. The molecule has 144 valence electrons. The minimum Gasteiger partial charge on any atom is -0.343 e. The molecular weight excluding hydrogens is 336 g/mol. The van der Waals surface area contributed by atoms with Gasteiger partial charge in [0.1, 0.15) is 0 Å². The van der Waals surface area contributed by atoms with Crippen molar-refractivity contribution in [3.63, 3.8) is 0 Å². The summed E-state index contributed by atoms with van der Waals surface area (Å²) in [4.78, 5) is 16.8. The zero-order chi connectivity index (χ0) is 18.6. The van der Waals surface area contributed by atoms with Crippen LogP contribution in [-0.2, 0) is 24.3 Å². The fraction of sp³-hybridized carbons (Fsp3) is 0.545. The zero-order valence-electron chi connectivity index (χ0n) is 16.3. The summed E-state index contributed by atoms with van der Waals surface area (Å²) >= 11 is 0. The SMILES string of the molecule is CC(CN1CCn2nc(CCC(=O)N3CCCC3)cc2C1)c1ccccc1. The number of carbonyl (C=O) groups excluding carboxylic acids is 1. The Morgan fingerprint density at radius 1 is 1.11 bits per heavy atom. The van der Waals surface area contributed by atoms with Gasteiger partial charge in [0.2, 0.25) is 5.91 Å². The molecule has 1 saturated heterocycles. The summed E-state index contributed by atoms with van der Waals surface area (Å²) in [6, 6.07) is 12.9. The van der Waals surface area contributed by atoms with Crippen LogP contribution >= 0.6 is 0 Å². The minimum absolute atomic E-state index is 0.289. The molecule has 1 atom stereocenters. The largest absolute Gasteiger partial charge is 0.343 e. The van der Waals surface area contributed by atoms with Crippen molar-refractivity contribution in [1.82, 2.24) is 19.6 Å². The van der Waals surface area contributed by atoms with Crippen molar-refractivity contribution in [2.45, 2.75) is 51.6 Å². The van der Waals surface area contributed by atoms with E-state index in [1.54, 1.807) is 0 Å². The van der Waals surface area contributed by atoms with Gasteiger partial charge in [0, 0.05) is 45.6 Å². The van der Waals surface area contributed by atoms with Crippen molar-refractivity contribution >= 4 is 5.91 Å². The number of amides is 1. The Balaban J connectivity index is 1.31. The summed E-state index contributed by atoms with van der Waals surface area (Å²) in [6.45, 7) is 8.17. The molecule has 3 heterocycles. The molecule has 0 N–H and O–H groups in total. The quantitative estimate of drug-likeness (QED) is 0.789. The summed E-state index contributed by atoms with van der Waals surface area (Å²) in [6.07, 6.45) is 3.66. The van der Waals surface area contributed by atoms with E-state index in [9.17, 15) is 4.79 Å². The van der Waals surface area contributed by atoms with Crippen LogP contribution < -0.4 is 0 Å². The van der Waals surface area contributed by atoms with E-state index < -0.39 is 0 Å². The second kappa shape index (κ2) is 8.26. The molecule has 2 aromatic rings. The fourth-order valence-electron chi connectivity index (χ4n) is 4.29. The van der Waals surface area contributed by atoms with Gasteiger partial charge in [-0.25, -0.2) is 0 Å². The lowest BCUT2D eigenvalue weighted by Gasteiger charge is -2.30. The van der Waals surface area contributed by atoms with Gasteiger partial charge in [-0.1, -0.05) is 37.3 Å². The van der Waals surface area contributed by atoms with E-state index in [2.05, 4.69) is 52.9 Å². The van der Waals surface area contributed by atoms with Crippen molar-refractivity contribution in [2.24, 2.45) is 0 Å². The Labute approximate surface area is 162 Å². The number of aryl methyl sites for hydroxylation is 1. The van der Waals surface area contributed by atoms with Gasteiger partial charge in [-0.2, -0.15) is 5.10 Å². The summed E-state index contributed by atoms with van der Waals surface area (Å²) in [5, 5.41) is 4.74. The number of hydrogen-bond acceptors (Lipinski definition) is 3. The van der Waals surface area contributed by atoms with Crippen LogP contribution in [0.5, 0.6) is 0 Å². The Kier molecular flexibility index (Phi) is 5.58. The predicted molar refractivity (Wildman–Crippen MR) is 106 cm³/mol. The predicted octanol–water partition coefficient (Wildman–Crippen LogP) is 3.06. The highest BCUT2D eigenvalue weighted by Gasteiger charge is 2.22. The fourth-order valence-corrected chi connectivity index (χ4v) is 4.29. The van der Waals surface area contributed by atoms with Gasteiger partial charge in [0.15, 0.2) is 0 Å². The lowest BCUT2D eigenvalue weighted by molar-refractivity contribution is -0.130. The van der Waals surface area contributed by atoms with Crippen LogP contribution in [0.2, 0.25) is 0 Å². The number of aromatic nitrogens is 2. The van der Waals surface area contributed by atoms with Crippen molar-refractivity contribution in [1.29, 1.82) is 0 Å². The summed E-state index contributed by atoms with van der Waals surface area (Å²) < 4.78 is 2.14. The van der Waals surface area contributed by atoms with Gasteiger partial charge >= 0.3 is 0 Å². The smallest absolute Gasteiger partial charge is 0.222 e. The third-order valence-electron chi connectivity index (χ3n) is 5.88. The van der Waals surface area contributed by atoms with Crippen LogP contribution in [0.1, 0.15) is 49.1 Å². The molecule has 2 aliphatic heterocycles. The Hall–Kier alpha value is -2.14. The number of fused-ring (bicyclic) bond motifs is 1.